The standard InChI is InChI=1S/C25H21N3O3S2/c1-15-4-5-18(12-16(15)2)26-27-19-6-11-22(29)17(13-19)14-23-24(30)28(25(32)33-23)20-7-9-21(31-3)10-8-20/h4-14,29H,1-3H3/b23-14-,27-26?. The minimum atomic E-state index is -0.253. The van der Waals surface area contributed by atoms with Crippen LogP contribution in [-0.2, 0) is 4.79 Å². The maximum atomic E-state index is 13.0. The summed E-state index contributed by atoms with van der Waals surface area (Å²) in [6.45, 7) is 4.06. The molecule has 1 N–H and O–H groups in total. The number of ether oxygens (including phenoxy) is 1. The molecule has 33 heavy (non-hydrogen) atoms. The van der Waals surface area contributed by atoms with E-state index in [0.717, 1.165) is 11.3 Å². The zero-order valence-electron chi connectivity index (χ0n) is 18.3. The van der Waals surface area contributed by atoms with E-state index in [-0.39, 0.29) is 11.7 Å². The molecule has 0 unspecified atom stereocenters. The molecule has 1 amide bonds. The number of thiocarbonyl (C=S) groups is 1. The first-order chi connectivity index (χ1) is 15.9. The quantitative estimate of drug-likeness (QED) is 0.248. The molecule has 0 aliphatic carbocycles. The highest BCUT2D eigenvalue weighted by Crippen LogP contribution is 2.38. The number of azo groups is 1. The number of methoxy groups -OCH3 is 1. The number of carbonyl (C=O) groups excluding carboxylic acids is 1. The molecule has 1 fully saturated rings. The molecular formula is C25H21N3O3S2. The number of nitrogens with zero attached hydrogens (tertiary/aromatic N) is 3. The Balaban J connectivity index is 1.59. The number of anilines is 1. The van der Waals surface area contributed by atoms with Crippen LogP contribution in [0.5, 0.6) is 11.5 Å². The van der Waals surface area contributed by atoms with Crippen LogP contribution in [0, 0.1) is 13.8 Å². The third-order valence-corrected chi connectivity index (χ3v) is 6.50. The molecule has 4 rings (SSSR count). The molecule has 0 bridgehead atoms. The lowest BCUT2D eigenvalue weighted by Crippen LogP contribution is -2.27. The van der Waals surface area contributed by atoms with Gasteiger partial charge in [0.1, 0.15) is 11.5 Å². The van der Waals surface area contributed by atoms with E-state index >= 15 is 0 Å². The van der Waals surface area contributed by atoms with Gasteiger partial charge in [-0.05, 0) is 85.6 Å². The van der Waals surface area contributed by atoms with Crippen molar-refractivity contribution in [1.82, 2.24) is 0 Å². The predicted molar refractivity (Wildman–Crippen MR) is 137 cm³/mol. The molecule has 1 heterocycles. The zero-order chi connectivity index (χ0) is 23.5. The Bertz CT molecular complexity index is 1300. The fourth-order valence-electron chi connectivity index (χ4n) is 3.19. The molecular weight excluding hydrogens is 454 g/mol. The first-order valence-corrected chi connectivity index (χ1v) is 11.3. The van der Waals surface area contributed by atoms with Gasteiger partial charge in [0, 0.05) is 5.56 Å². The van der Waals surface area contributed by atoms with Gasteiger partial charge in [0.25, 0.3) is 5.91 Å². The van der Waals surface area contributed by atoms with Crippen LogP contribution in [0.15, 0.2) is 75.8 Å². The van der Waals surface area contributed by atoms with E-state index < -0.39 is 0 Å². The van der Waals surface area contributed by atoms with Gasteiger partial charge in [0.15, 0.2) is 4.32 Å². The van der Waals surface area contributed by atoms with Gasteiger partial charge >= 0.3 is 0 Å². The second-order valence-corrected chi connectivity index (χ2v) is 9.10. The van der Waals surface area contributed by atoms with Gasteiger partial charge in [0.2, 0.25) is 0 Å². The van der Waals surface area contributed by atoms with Crippen LogP contribution in [0.25, 0.3) is 6.08 Å². The summed E-state index contributed by atoms with van der Waals surface area (Å²) in [5.74, 6) is 0.475. The number of aromatic hydroxyl groups is 1. The van der Waals surface area contributed by atoms with Gasteiger partial charge in [-0.15, -0.1) is 0 Å². The molecule has 1 aliphatic rings. The second-order valence-electron chi connectivity index (χ2n) is 7.43. The van der Waals surface area contributed by atoms with Gasteiger partial charge in [0.05, 0.1) is 29.1 Å². The molecule has 3 aromatic rings. The Kier molecular flexibility index (Phi) is 6.57. The van der Waals surface area contributed by atoms with Crippen LogP contribution >= 0.6 is 24.0 Å². The van der Waals surface area contributed by atoms with Crippen molar-refractivity contribution in [2.75, 3.05) is 12.0 Å². The fraction of sp³-hybridized carbons (Fsp3) is 0.120. The van der Waals surface area contributed by atoms with E-state index in [0.29, 0.717) is 31.9 Å². The van der Waals surface area contributed by atoms with Gasteiger partial charge in [-0.2, -0.15) is 10.2 Å². The highest BCUT2D eigenvalue weighted by molar-refractivity contribution is 8.27. The highest BCUT2D eigenvalue weighted by Gasteiger charge is 2.33. The topological polar surface area (TPSA) is 74.5 Å². The lowest BCUT2D eigenvalue weighted by Gasteiger charge is -2.14. The van der Waals surface area contributed by atoms with Crippen molar-refractivity contribution in [1.29, 1.82) is 0 Å². The van der Waals surface area contributed by atoms with E-state index in [1.165, 1.54) is 28.3 Å². The Hall–Kier alpha value is -3.49. The molecule has 0 atom stereocenters. The molecule has 6 nitrogen and oxygen atoms in total. The van der Waals surface area contributed by atoms with E-state index in [1.54, 1.807) is 49.6 Å². The van der Waals surface area contributed by atoms with Crippen LogP contribution in [0.1, 0.15) is 16.7 Å². The normalized spacial score (nSPS) is 15.1. The molecule has 0 aromatic heterocycles. The van der Waals surface area contributed by atoms with Crippen LogP contribution < -0.4 is 9.64 Å². The first kappa shape index (κ1) is 22.7. The maximum Gasteiger partial charge on any atom is 0.270 e. The van der Waals surface area contributed by atoms with E-state index in [2.05, 4.69) is 10.2 Å². The van der Waals surface area contributed by atoms with E-state index in [4.69, 9.17) is 17.0 Å². The second kappa shape index (κ2) is 9.56. The Morgan fingerprint density at radius 3 is 2.30 bits per heavy atom. The number of hydrogen-bond donors (Lipinski definition) is 1. The molecule has 0 saturated carbocycles. The summed E-state index contributed by atoms with van der Waals surface area (Å²) in [6, 6.07) is 17.8. The number of aryl methyl sites for hydroxylation is 2. The average Bonchev–Trinajstić information content (AvgIpc) is 3.09. The smallest absolute Gasteiger partial charge is 0.270 e. The largest absolute Gasteiger partial charge is 0.507 e. The van der Waals surface area contributed by atoms with Gasteiger partial charge in [-0.3, -0.25) is 9.69 Å². The Morgan fingerprint density at radius 1 is 0.970 bits per heavy atom. The van der Waals surface area contributed by atoms with Crippen LogP contribution in [0.4, 0.5) is 17.1 Å². The number of phenols is 1. The lowest BCUT2D eigenvalue weighted by atomic mass is 10.1. The zero-order valence-corrected chi connectivity index (χ0v) is 19.9. The Morgan fingerprint density at radius 2 is 1.64 bits per heavy atom. The fourth-order valence-corrected chi connectivity index (χ4v) is 4.48. The number of benzene rings is 3. The number of amides is 1. The Labute approximate surface area is 201 Å². The lowest BCUT2D eigenvalue weighted by molar-refractivity contribution is -0.113. The van der Waals surface area contributed by atoms with Crippen molar-refractivity contribution in [3.05, 3.63) is 82.3 Å². The van der Waals surface area contributed by atoms with Crippen LogP contribution in [0.2, 0.25) is 0 Å². The summed E-state index contributed by atoms with van der Waals surface area (Å²) in [7, 11) is 1.58. The number of hydrogen-bond acceptors (Lipinski definition) is 7. The SMILES string of the molecule is COc1ccc(N2C(=O)/C(=C/c3cc(N=Nc4ccc(C)c(C)c4)ccc3O)SC2=S)cc1. The molecule has 0 spiro atoms. The number of carbonyl (C=O) groups is 1. The molecule has 1 saturated heterocycles. The monoisotopic (exact) mass is 475 g/mol. The van der Waals surface area contributed by atoms with E-state index in [1.807, 2.05) is 32.0 Å². The van der Waals surface area contributed by atoms with Crippen molar-refractivity contribution in [2.24, 2.45) is 10.2 Å². The van der Waals surface area contributed by atoms with Crippen molar-refractivity contribution in [3.63, 3.8) is 0 Å². The molecule has 1 aliphatic heterocycles. The summed E-state index contributed by atoms with van der Waals surface area (Å²) in [6.07, 6.45) is 1.62. The van der Waals surface area contributed by atoms with Gasteiger partial charge < -0.3 is 9.84 Å². The first-order valence-electron chi connectivity index (χ1n) is 10.1. The molecule has 0 radical (unpaired) electrons. The summed E-state index contributed by atoms with van der Waals surface area (Å²) in [5.41, 5.74) is 4.74. The minimum absolute atomic E-state index is 0.0369. The summed E-state index contributed by atoms with van der Waals surface area (Å²) >= 11 is 6.61. The maximum absolute atomic E-state index is 13.0. The van der Waals surface area contributed by atoms with Crippen LogP contribution in [-0.4, -0.2) is 22.4 Å². The highest BCUT2D eigenvalue weighted by atomic mass is 32.2. The molecule has 8 heteroatoms. The van der Waals surface area contributed by atoms with Crippen molar-refractivity contribution >= 4 is 57.3 Å². The number of phenolic OH excluding ortho intramolecular Hbond substituents is 1. The van der Waals surface area contributed by atoms with Crippen molar-refractivity contribution in [3.8, 4) is 11.5 Å². The third-order valence-electron chi connectivity index (χ3n) is 5.19. The average molecular weight is 476 g/mol. The summed E-state index contributed by atoms with van der Waals surface area (Å²) < 4.78 is 5.59. The molecule has 3 aromatic carbocycles. The van der Waals surface area contributed by atoms with Gasteiger partial charge in [-0.25, -0.2) is 0 Å². The minimum Gasteiger partial charge on any atom is -0.507 e. The van der Waals surface area contributed by atoms with Crippen LogP contribution in [0.3, 0.4) is 0 Å². The number of rotatable bonds is 5. The third kappa shape index (κ3) is 4.97. The molecule has 166 valence electrons. The van der Waals surface area contributed by atoms with E-state index in [9.17, 15) is 9.90 Å². The van der Waals surface area contributed by atoms with Gasteiger partial charge in [-0.1, -0.05) is 30.0 Å². The van der Waals surface area contributed by atoms with Crippen molar-refractivity contribution < 1.29 is 14.6 Å². The number of thioether (sulfide) groups is 1. The summed E-state index contributed by atoms with van der Waals surface area (Å²) in [5, 5.41) is 18.9. The summed E-state index contributed by atoms with van der Waals surface area (Å²) in [4.78, 5) is 14.9. The van der Waals surface area contributed by atoms with Crippen molar-refractivity contribution in [2.45, 2.75) is 13.8 Å². The predicted octanol–water partition coefficient (Wildman–Crippen LogP) is 6.84.